The number of aromatic nitrogens is 1. The molecule has 0 bridgehead atoms. The van der Waals surface area contributed by atoms with Crippen molar-refractivity contribution in [3.63, 3.8) is 0 Å². The van der Waals surface area contributed by atoms with E-state index in [9.17, 15) is 4.79 Å². The Balaban J connectivity index is 0.00000113. The van der Waals surface area contributed by atoms with Gasteiger partial charge < -0.3 is 10.2 Å². The first kappa shape index (κ1) is 19.4. The Morgan fingerprint density at radius 2 is 1.92 bits per heavy atom. The van der Waals surface area contributed by atoms with Crippen LogP contribution in [0.1, 0.15) is 16.8 Å². The molecule has 1 N–H and O–H groups in total. The highest BCUT2D eigenvalue weighted by atomic mass is 35.5. The van der Waals surface area contributed by atoms with Crippen LogP contribution in [-0.2, 0) is 0 Å². The third kappa shape index (κ3) is 3.43. The second-order valence-corrected chi connectivity index (χ2v) is 6.11. The van der Waals surface area contributed by atoms with Gasteiger partial charge in [-0.2, -0.15) is 0 Å². The van der Waals surface area contributed by atoms with Crippen LogP contribution in [0.15, 0.2) is 48.7 Å². The minimum atomic E-state index is 0. The minimum Gasteiger partial charge on any atom is -0.337 e. The van der Waals surface area contributed by atoms with Gasteiger partial charge in [-0.25, -0.2) is 0 Å². The lowest BCUT2D eigenvalue weighted by Crippen LogP contribution is -2.38. The van der Waals surface area contributed by atoms with Crippen LogP contribution in [0.25, 0.3) is 21.7 Å². The minimum absolute atomic E-state index is 0. The number of pyridine rings is 1. The van der Waals surface area contributed by atoms with E-state index in [1.54, 1.807) is 6.20 Å². The summed E-state index contributed by atoms with van der Waals surface area (Å²) >= 11 is 0. The molecule has 25 heavy (non-hydrogen) atoms. The van der Waals surface area contributed by atoms with Gasteiger partial charge in [-0.15, -0.1) is 24.8 Å². The van der Waals surface area contributed by atoms with Crippen molar-refractivity contribution in [2.24, 2.45) is 0 Å². The van der Waals surface area contributed by atoms with Crippen molar-refractivity contribution in [1.29, 1.82) is 0 Å². The van der Waals surface area contributed by atoms with E-state index in [4.69, 9.17) is 0 Å². The summed E-state index contributed by atoms with van der Waals surface area (Å²) in [5.74, 6) is 0.0492. The first-order valence-electron chi connectivity index (χ1n) is 8.00. The number of carbonyl (C=O) groups excluding carboxylic acids is 1. The van der Waals surface area contributed by atoms with Crippen LogP contribution in [0, 0.1) is 0 Å². The van der Waals surface area contributed by atoms with Crippen LogP contribution < -0.4 is 5.32 Å². The second-order valence-electron chi connectivity index (χ2n) is 6.11. The molecule has 4 nitrogen and oxygen atoms in total. The molecule has 2 heterocycles. The molecule has 3 aromatic rings. The summed E-state index contributed by atoms with van der Waals surface area (Å²) in [6.07, 6.45) is 2.76. The smallest absolute Gasteiger partial charge is 0.256 e. The van der Waals surface area contributed by atoms with Crippen molar-refractivity contribution in [3.05, 3.63) is 54.2 Å². The average molecular weight is 378 g/mol. The number of fused-ring (bicyclic) bond motifs is 3. The zero-order valence-electron chi connectivity index (χ0n) is 13.9. The molecule has 1 unspecified atom stereocenters. The highest BCUT2D eigenvalue weighted by Crippen LogP contribution is 2.28. The SMILES string of the molecule is CN(C(=O)c1cc2ccccc2c2cccnc12)C1CCNC1.Cl.Cl. The second kappa shape index (κ2) is 8.00. The summed E-state index contributed by atoms with van der Waals surface area (Å²) in [6, 6.07) is 14.4. The molecule has 0 spiro atoms. The molecule has 1 fully saturated rings. The molecule has 1 saturated heterocycles. The molecule has 0 saturated carbocycles. The number of hydrogen-bond donors (Lipinski definition) is 1. The zero-order chi connectivity index (χ0) is 15.8. The number of benzene rings is 2. The van der Waals surface area contributed by atoms with E-state index in [2.05, 4.69) is 22.4 Å². The molecule has 6 heteroatoms. The molecule has 2 aromatic carbocycles. The Labute approximate surface area is 159 Å². The summed E-state index contributed by atoms with van der Waals surface area (Å²) in [4.78, 5) is 19.4. The lowest BCUT2D eigenvalue weighted by molar-refractivity contribution is 0.0745. The van der Waals surface area contributed by atoms with Crippen molar-refractivity contribution >= 4 is 52.4 Å². The number of hydrogen-bond acceptors (Lipinski definition) is 3. The van der Waals surface area contributed by atoms with Gasteiger partial charge in [0, 0.05) is 31.2 Å². The molecule has 0 aliphatic carbocycles. The Morgan fingerprint density at radius 1 is 1.16 bits per heavy atom. The van der Waals surface area contributed by atoms with Gasteiger partial charge >= 0.3 is 0 Å². The number of rotatable bonds is 2. The third-order valence-corrected chi connectivity index (χ3v) is 4.75. The van der Waals surface area contributed by atoms with Gasteiger partial charge in [0.2, 0.25) is 0 Å². The van der Waals surface area contributed by atoms with Gasteiger partial charge in [0.15, 0.2) is 0 Å². The van der Waals surface area contributed by atoms with E-state index in [0.29, 0.717) is 5.56 Å². The Kier molecular flexibility index (Phi) is 6.22. The lowest BCUT2D eigenvalue weighted by atomic mass is 9.99. The maximum Gasteiger partial charge on any atom is 0.256 e. The molecule has 1 atom stereocenters. The first-order valence-corrected chi connectivity index (χ1v) is 8.00. The number of amides is 1. The van der Waals surface area contributed by atoms with Gasteiger partial charge in [-0.1, -0.05) is 30.3 Å². The normalized spacial score (nSPS) is 16.3. The van der Waals surface area contributed by atoms with E-state index >= 15 is 0 Å². The Hall–Kier alpha value is -1.88. The standard InChI is InChI=1S/C19H19N3O.2ClH/c1-22(14-8-10-20-12-14)19(23)17-11-13-5-2-3-6-15(13)16-7-4-9-21-18(16)17;;/h2-7,9,11,14,20H,8,10,12H2,1H3;2*1H. The monoisotopic (exact) mass is 377 g/mol. The molecule has 1 amide bonds. The average Bonchev–Trinajstić information content (AvgIpc) is 3.14. The third-order valence-electron chi connectivity index (χ3n) is 4.75. The van der Waals surface area contributed by atoms with Crippen molar-refractivity contribution in [2.45, 2.75) is 12.5 Å². The number of carbonyl (C=O) groups is 1. The molecule has 0 radical (unpaired) electrons. The topological polar surface area (TPSA) is 45.2 Å². The number of likely N-dealkylation sites (N-methyl/N-ethyl adjacent to an activating group) is 1. The lowest BCUT2D eigenvalue weighted by Gasteiger charge is -2.24. The predicted molar refractivity (Wildman–Crippen MR) is 107 cm³/mol. The number of halogens is 2. The summed E-state index contributed by atoms with van der Waals surface area (Å²) in [5, 5.41) is 6.57. The van der Waals surface area contributed by atoms with Crippen LogP contribution in [0.2, 0.25) is 0 Å². The molecule has 132 valence electrons. The van der Waals surface area contributed by atoms with Crippen LogP contribution in [0.3, 0.4) is 0 Å². The van der Waals surface area contributed by atoms with Crippen LogP contribution in [0.4, 0.5) is 0 Å². The molecule has 1 aromatic heterocycles. The highest BCUT2D eigenvalue weighted by Gasteiger charge is 2.25. The summed E-state index contributed by atoms with van der Waals surface area (Å²) < 4.78 is 0. The maximum absolute atomic E-state index is 13.0. The number of nitrogens with zero attached hydrogens (tertiary/aromatic N) is 2. The fourth-order valence-corrected chi connectivity index (χ4v) is 3.42. The zero-order valence-corrected chi connectivity index (χ0v) is 15.6. The number of nitrogens with one attached hydrogen (secondary N) is 1. The fraction of sp³-hybridized carbons (Fsp3) is 0.263. The van der Waals surface area contributed by atoms with Gasteiger partial charge in [0.05, 0.1) is 11.1 Å². The predicted octanol–water partition coefficient (Wildman–Crippen LogP) is 3.67. The van der Waals surface area contributed by atoms with E-state index in [0.717, 1.165) is 41.2 Å². The van der Waals surface area contributed by atoms with Gasteiger partial charge in [-0.05, 0) is 35.9 Å². The molecule has 4 rings (SSSR count). The van der Waals surface area contributed by atoms with Crippen molar-refractivity contribution in [2.75, 3.05) is 20.1 Å². The van der Waals surface area contributed by atoms with E-state index in [-0.39, 0.29) is 36.8 Å². The molecular formula is C19H21Cl2N3O. The fourth-order valence-electron chi connectivity index (χ4n) is 3.42. The van der Waals surface area contributed by atoms with Crippen molar-refractivity contribution in [1.82, 2.24) is 15.2 Å². The summed E-state index contributed by atoms with van der Waals surface area (Å²) in [6.45, 7) is 1.83. The largest absolute Gasteiger partial charge is 0.337 e. The van der Waals surface area contributed by atoms with Crippen LogP contribution >= 0.6 is 24.8 Å². The summed E-state index contributed by atoms with van der Waals surface area (Å²) in [7, 11) is 1.89. The highest BCUT2D eigenvalue weighted by molar-refractivity contribution is 6.15. The van der Waals surface area contributed by atoms with Crippen LogP contribution in [0.5, 0.6) is 0 Å². The quantitative estimate of drug-likeness (QED) is 0.693. The molecular weight excluding hydrogens is 357 g/mol. The Bertz CT molecular complexity index is 894. The van der Waals surface area contributed by atoms with Gasteiger partial charge in [-0.3, -0.25) is 9.78 Å². The van der Waals surface area contributed by atoms with Gasteiger partial charge in [0.25, 0.3) is 5.91 Å². The van der Waals surface area contributed by atoms with E-state index in [1.165, 1.54) is 0 Å². The Morgan fingerprint density at radius 3 is 2.68 bits per heavy atom. The first-order chi connectivity index (χ1) is 11.3. The van der Waals surface area contributed by atoms with E-state index < -0.39 is 0 Å². The van der Waals surface area contributed by atoms with Crippen molar-refractivity contribution in [3.8, 4) is 0 Å². The summed E-state index contributed by atoms with van der Waals surface area (Å²) in [5.41, 5.74) is 1.47. The molecule has 1 aliphatic rings. The maximum atomic E-state index is 13.0. The van der Waals surface area contributed by atoms with E-state index in [1.807, 2.05) is 42.3 Å². The van der Waals surface area contributed by atoms with Crippen molar-refractivity contribution < 1.29 is 4.79 Å². The molecule has 1 aliphatic heterocycles. The van der Waals surface area contributed by atoms with Gasteiger partial charge in [0.1, 0.15) is 0 Å². The van der Waals surface area contributed by atoms with Crippen LogP contribution in [-0.4, -0.2) is 42.0 Å².